The van der Waals surface area contributed by atoms with Gasteiger partial charge in [0.15, 0.2) is 0 Å². The molecule has 1 amide bonds. The van der Waals surface area contributed by atoms with Gasteiger partial charge in [0.1, 0.15) is 11.5 Å². The maximum Gasteiger partial charge on any atom is 0.271 e. The second-order valence-electron chi connectivity index (χ2n) is 5.08. The van der Waals surface area contributed by atoms with Crippen LogP contribution in [0.3, 0.4) is 0 Å². The van der Waals surface area contributed by atoms with Gasteiger partial charge in [-0.05, 0) is 25.7 Å². The Labute approximate surface area is 114 Å². The minimum atomic E-state index is -0.125. The van der Waals surface area contributed by atoms with Gasteiger partial charge in [0.2, 0.25) is 0 Å². The number of nitrogens with one attached hydrogen (secondary N) is 2. The molecule has 0 aliphatic heterocycles. The van der Waals surface area contributed by atoms with Crippen LogP contribution < -0.4 is 10.6 Å². The summed E-state index contributed by atoms with van der Waals surface area (Å²) < 4.78 is 0. The summed E-state index contributed by atoms with van der Waals surface area (Å²) in [6.07, 6.45) is 7.80. The molecule has 0 radical (unpaired) electrons. The minimum absolute atomic E-state index is 0.125. The first-order chi connectivity index (χ1) is 9.22. The molecule has 2 N–H and O–H groups in total. The second kappa shape index (κ2) is 6.50. The Morgan fingerprint density at radius 3 is 2.84 bits per heavy atom. The van der Waals surface area contributed by atoms with Crippen LogP contribution in [-0.2, 0) is 0 Å². The van der Waals surface area contributed by atoms with Gasteiger partial charge in [-0.3, -0.25) is 9.78 Å². The molecule has 2 rings (SSSR count). The van der Waals surface area contributed by atoms with Crippen LogP contribution in [0, 0.1) is 5.92 Å². The largest absolute Gasteiger partial charge is 0.369 e. The Bertz CT molecular complexity index is 431. The van der Waals surface area contributed by atoms with Crippen molar-refractivity contribution in [2.75, 3.05) is 11.9 Å². The lowest BCUT2D eigenvalue weighted by Gasteiger charge is -2.16. The smallest absolute Gasteiger partial charge is 0.271 e. The Morgan fingerprint density at radius 1 is 1.42 bits per heavy atom. The first-order valence-electron chi connectivity index (χ1n) is 7.09. The number of hydrogen-bond acceptors (Lipinski definition) is 4. The van der Waals surface area contributed by atoms with Crippen LogP contribution in [0.15, 0.2) is 12.4 Å². The van der Waals surface area contributed by atoms with Gasteiger partial charge in [-0.2, -0.15) is 0 Å². The van der Waals surface area contributed by atoms with Crippen LogP contribution in [0.4, 0.5) is 5.82 Å². The van der Waals surface area contributed by atoms with Crippen LogP contribution >= 0.6 is 0 Å². The molecule has 5 heteroatoms. The number of rotatable bonds is 7. The highest BCUT2D eigenvalue weighted by Crippen LogP contribution is 2.34. The van der Waals surface area contributed by atoms with Gasteiger partial charge in [0, 0.05) is 12.6 Å². The zero-order chi connectivity index (χ0) is 13.7. The molecule has 1 atom stereocenters. The van der Waals surface area contributed by atoms with Gasteiger partial charge in [0.05, 0.1) is 12.4 Å². The van der Waals surface area contributed by atoms with Crippen LogP contribution in [0.25, 0.3) is 0 Å². The van der Waals surface area contributed by atoms with Gasteiger partial charge in [-0.1, -0.05) is 19.8 Å². The van der Waals surface area contributed by atoms with Gasteiger partial charge < -0.3 is 10.6 Å². The molecule has 1 aliphatic rings. The van der Waals surface area contributed by atoms with E-state index in [1.54, 1.807) is 6.20 Å². The van der Waals surface area contributed by atoms with Crippen molar-refractivity contribution >= 4 is 11.7 Å². The fourth-order valence-electron chi connectivity index (χ4n) is 2.08. The summed E-state index contributed by atoms with van der Waals surface area (Å²) in [5.41, 5.74) is 0.382. The maximum absolute atomic E-state index is 12.1. The Morgan fingerprint density at radius 2 is 2.21 bits per heavy atom. The Balaban J connectivity index is 1.95. The van der Waals surface area contributed by atoms with E-state index in [-0.39, 0.29) is 11.9 Å². The Hall–Kier alpha value is -1.65. The summed E-state index contributed by atoms with van der Waals surface area (Å²) in [5, 5.41) is 6.11. The molecule has 1 unspecified atom stereocenters. The fourth-order valence-corrected chi connectivity index (χ4v) is 2.08. The summed E-state index contributed by atoms with van der Waals surface area (Å²) in [7, 11) is 0. The lowest BCUT2D eigenvalue weighted by molar-refractivity contribution is 0.0927. The third-order valence-corrected chi connectivity index (χ3v) is 3.37. The van der Waals surface area contributed by atoms with E-state index in [1.165, 1.54) is 19.0 Å². The molecule has 1 aromatic rings. The van der Waals surface area contributed by atoms with E-state index in [4.69, 9.17) is 0 Å². The van der Waals surface area contributed by atoms with Crippen LogP contribution in [0.5, 0.6) is 0 Å². The lowest BCUT2D eigenvalue weighted by Crippen LogP contribution is -2.35. The molecular weight excluding hydrogens is 240 g/mol. The van der Waals surface area contributed by atoms with Crippen molar-refractivity contribution in [3.8, 4) is 0 Å². The summed E-state index contributed by atoms with van der Waals surface area (Å²) in [5.74, 6) is 1.33. The molecule has 0 spiro atoms. The molecule has 5 nitrogen and oxygen atoms in total. The van der Waals surface area contributed by atoms with E-state index in [0.29, 0.717) is 11.5 Å². The quantitative estimate of drug-likeness (QED) is 0.790. The summed E-state index contributed by atoms with van der Waals surface area (Å²) >= 11 is 0. The maximum atomic E-state index is 12.1. The van der Waals surface area contributed by atoms with Crippen molar-refractivity contribution in [1.82, 2.24) is 15.3 Å². The molecule has 19 heavy (non-hydrogen) atoms. The van der Waals surface area contributed by atoms with Crippen molar-refractivity contribution in [3.63, 3.8) is 0 Å². The van der Waals surface area contributed by atoms with E-state index in [2.05, 4.69) is 27.5 Å². The van der Waals surface area contributed by atoms with Crippen molar-refractivity contribution in [2.45, 2.75) is 45.6 Å². The first-order valence-corrected chi connectivity index (χ1v) is 7.09. The zero-order valence-electron chi connectivity index (χ0n) is 11.6. The number of hydrogen-bond donors (Lipinski definition) is 2. The highest BCUT2D eigenvalue weighted by molar-refractivity contribution is 5.92. The Kier molecular flexibility index (Phi) is 4.71. The minimum Gasteiger partial charge on any atom is -0.369 e. The lowest BCUT2D eigenvalue weighted by atomic mass is 10.1. The van der Waals surface area contributed by atoms with Crippen molar-refractivity contribution in [2.24, 2.45) is 5.92 Å². The van der Waals surface area contributed by atoms with Gasteiger partial charge in [-0.15, -0.1) is 0 Å². The van der Waals surface area contributed by atoms with Gasteiger partial charge in [0.25, 0.3) is 5.91 Å². The average molecular weight is 262 g/mol. The topological polar surface area (TPSA) is 66.9 Å². The molecule has 1 aliphatic carbocycles. The van der Waals surface area contributed by atoms with Gasteiger partial charge in [-0.25, -0.2) is 4.98 Å². The second-order valence-corrected chi connectivity index (χ2v) is 5.08. The number of anilines is 1. The normalized spacial score (nSPS) is 15.9. The molecule has 0 bridgehead atoms. The zero-order valence-corrected chi connectivity index (χ0v) is 11.6. The monoisotopic (exact) mass is 262 g/mol. The number of amides is 1. The highest BCUT2D eigenvalue weighted by atomic mass is 16.1. The molecular formula is C14H22N4O. The third kappa shape index (κ3) is 4.19. The average Bonchev–Trinajstić information content (AvgIpc) is 3.22. The predicted molar refractivity (Wildman–Crippen MR) is 75.1 cm³/mol. The predicted octanol–water partition coefficient (Wildman–Crippen LogP) is 2.22. The van der Waals surface area contributed by atoms with Crippen molar-refractivity contribution < 1.29 is 4.79 Å². The number of nitrogens with zero attached hydrogens (tertiary/aromatic N) is 2. The van der Waals surface area contributed by atoms with Crippen molar-refractivity contribution in [1.29, 1.82) is 0 Å². The molecule has 1 heterocycles. The molecule has 1 fully saturated rings. The third-order valence-electron chi connectivity index (χ3n) is 3.37. The fraction of sp³-hybridized carbons (Fsp3) is 0.643. The summed E-state index contributed by atoms with van der Waals surface area (Å²) in [4.78, 5) is 20.4. The standard InChI is InChI=1S/C14H22N4O/c1-3-11(7-10-5-6-10)17-14(19)12-8-15-9-13(18-12)16-4-2/h8-11H,3-7H2,1-2H3,(H,16,18)(H,17,19). The van der Waals surface area contributed by atoms with E-state index in [9.17, 15) is 4.79 Å². The number of aromatic nitrogens is 2. The highest BCUT2D eigenvalue weighted by Gasteiger charge is 2.25. The van der Waals surface area contributed by atoms with Crippen LogP contribution in [-0.4, -0.2) is 28.5 Å². The van der Waals surface area contributed by atoms with Crippen LogP contribution in [0.2, 0.25) is 0 Å². The van der Waals surface area contributed by atoms with Gasteiger partial charge >= 0.3 is 0 Å². The number of carbonyl (C=O) groups excluding carboxylic acids is 1. The van der Waals surface area contributed by atoms with E-state index < -0.39 is 0 Å². The molecule has 0 saturated heterocycles. The molecule has 1 saturated carbocycles. The number of carbonyl (C=O) groups is 1. The van der Waals surface area contributed by atoms with E-state index >= 15 is 0 Å². The van der Waals surface area contributed by atoms with Crippen molar-refractivity contribution in [3.05, 3.63) is 18.1 Å². The molecule has 0 aromatic carbocycles. The SMILES string of the molecule is CCNc1cncc(C(=O)NC(CC)CC2CC2)n1. The van der Waals surface area contributed by atoms with Crippen LogP contribution in [0.1, 0.15) is 50.0 Å². The van der Waals surface area contributed by atoms with E-state index in [1.807, 2.05) is 6.92 Å². The van der Waals surface area contributed by atoms with E-state index in [0.717, 1.165) is 25.3 Å². The first kappa shape index (κ1) is 13.8. The molecule has 1 aromatic heterocycles. The summed E-state index contributed by atoms with van der Waals surface area (Å²) in [6, 6.07) is 0.254. The molecule has 104 valence electrons. The summed E-state index contributed by atoms with van der Waals surface area (Å²) in [6.45, 7) is 4.85.